The fraction of sp³-hybridized carbons (Fsp3) is 0.700. The van der Waals surface area contributed by atoms with Crippen molar-refractivity contribution in [2.45, 2.75) is 38.6 Å². The van der Waals surface area contributed by atoms with Gasteiger partial charge in [0.2, 0.25) is 0 Å². The highest BCUT2D eigenvalue weighted by atomic mass is 16.1. The van der Waals surface area contributed by atoms with Crippen LogP contribution < -0.4 is 0 Å². The van der Waals surface area contributed by atoms with Crippen molar-refractivity contribution in [3.63, 3.8) is 0 Å². The average Bonchev–Trinajstić information content (AvgIpc) is 2.52. The van der Waals surface area contributed by atoms with Gasteiger partial charge in [-0.2, -0.15) is 0 Å². The Bertz CT molecular complexity index is 232. The van der Waals surface area contributed by atoms with Crippen molar-refractivity contribution in [1.82, 2.24) is 4.90 Å². The maximum Gasteiger partial charge on any atom is 0.154 e. The molecule has 2 fully saturated rings. The summed E-state index contributed by atoms with van der Waals surface area (Å²) in [6, 6.07) is 0.760. The predicted molar refractivity (Wildman–Crippen MR) is 47.7 cm³/mol. The zero-order valence-electron chi connectivity index (χ0n) is 7.55. The SMILES string of the molecule is CC(=O)/C=C1/CCC2CCCN12. The number of ketones is 1. The quantitative estimate of drug-likeness (QED) is 0.551. The lowest BCUT2D eigenvalue weighted by atomic mass is 10.1. The summed E-state index contributed by atoms with van der Waals surface area (Å²) < 4.78 is 0. The summed E-state index contributed by atoms with van der Waals surface area (Å²) in [6.07, 6.45) is 6.82. The van der Waals surface area contributed by atoms with Crippen LogP contribution in [0.1, 0.15) is 32.6 Å². The van der Waals surface area contributed by atoms with Crippen molar-refractivity contribution < 1.29 is 4.79 Å². The number of nitrogens with zero attached hydrogens (tertiary/aromatic N) is 1. The number of hydrogen-bond acceptors (Lipinski definition) is 2. The molecule has 2 heteroatoms. The maximum atomic E-state index is 10.9. The Kier molecular flexibility index (Phi) is 1.91. The topological polar surface area (TPSA) is 20.3 Å². The van der Waals surface area contributed by atoms with E-state index in [0.29, 0.717) is 0 Å². The van der Waals surface area contributed by atoms with E-state index in [2.05, 4.69) is 4.90 Å². The summed E-state index contributed by atoms with van der Waals surface area (Å²) in [5, 5.41) is 0. The number of allylic oxidation sites excluding steroid dienone is 2. The van der Waals surface area contributed by atoms with Crippen molar-refractivity contribution in [2.24, 2.45) is 0 Å². The third kappa shape index (κ3) is 1.26. The maximum absolute atomic E-state index is 10.9. The number of rotatable bonds is 1. The molecule has 12 heavy (non-hydrogen) atoms. The molecule has 1 unspecified atom stereocenters. The minimum Gasteiger partial charge on any atom is -0.372 e. The van der Waals surface area contributed by atoms with Crippen LogP contribution in [0.2, 0.25) is 0 Å². The van der Waals surface area contributed by atoms with Gasteiger partial charge in [-0.15, -0.1) is 0 Å². The van der Waals surface area contributed by atoms with Crippen LogP contribution in [-0.4, -0.2) is 23.3 Å². The first-order valence-corrected chi connectivity index (χ1v) is 4.75. The van der Waals surface area contributed by atoms with Gasteiger partial charge in [0.15, 0.2) is 5.78 Å². The highest BCUT2D eigenvalue weighted by Gasteiger charge is 2.31. The molecule has 1 atom stereocenters. The van der Waals surface area contributed by atoms with Crippen LogP contribution in [0.5, 0.6) is 0 Å². The molecule has 0 aromatic rings. The molecule has 0 aromatic carbocycles. The monoisotopic (exact) mass is 165 g/mol. The van der Waals surface area contributed by atoms with Gasteiger partial charge in [-0.1, -0.05) is 0 Å². The Balaban J connectivity index is 2.13. The Morgan fingerprint density at radius 2 is 2.42 bits per heavy atom. The predicted octanol–water partition coefficient (Wildman–Crippen LogP) is 1.72. The first-order chi connectivity index (χ1) is 5.77. The molecule has 0 aromatic heterocycles. The molecule has 0 bridgehead atoms. The highest BCUT2D eigenvalue weighted by molar-refractivity contribution is 5.87. The molecule has 0 saturated carbocycles. The van der Waals surface area contributed by atoms with Crippen molar-refractivity contribution in [1.29, 1.82) is 0 Å². The molecule has 0 spiro atoms. The van der Waals surface area contributed by atoms with Gasteiger partial charge in [0.05, 0.1) is 0 Å². The van der Waals surface area contributed by atoms with E-state index in [1.54, 1.807) is 6.92 Å². The Hall–Kier alpha value is -0.790. The first kappa shape index (κ1) is 7.84. The normalized spacial score (nSPS) is 31.2. The Labute approximate surface area is 73.2 Å². The van der Waals surface area contributed by atoms with E-state index < -0.39 is 0 Å². The van der Waals surface area contributed by atoms with Crippen LogP contribution in [0.15, 0.2) is 11.8 Å². The van der Waals surface area contributed by atoms with Crippen LogP contribution in [0.4, 0.5) is 0 Å². The second kappa shape index (κ2) is 2.92. The number of fused-ring (bicyclic) bond motifs is 1. The fourth-order valence-electron chi connectivity index (χ4n) is 2.36. The molecule has 2 aliphatic rings. The molecule has 0 N–H and O–H groups in total. The first-order valence-electron chi connectivity index (χ1n) is 4.75. The largest absolute Gasteiger partial charge is 0.372 e. The lowest BCUT2D eigenvalue weighted by molar-refractivity contribution is -0.112. The van der Waals surface area contributed by atoms with E-state index in [1.807, 2.05) is 6.08 Å². The second-order valence-corrected chi connectivity index (χ2v) is 3.77. The molecule has 2 saturated heterocycles. The van der Waals surface area contributed by atoms with E-state index in [0.717, 1.165) is 12.5 Å². The molecular formula is C10H15NO. The van der Waals surface area contributed by atoms with Crippen molar-refractivity contribution in [3.05, 3.63) is 11.8 Å². The summed E-state index contributed by atoms with van der Waals surface area (Å²) >= 11 is 0. The smallest absolute Gasteiger partial charge is 0.154 e. The Morgan fingerprint density at radius 1 is 1.58 bits per heavy atom. The Morgan fingerprint density at radius 3 is 3.17 bits per heavy atom. The van der Waals surface area contributed by atoms with E-state index >= 15 is 0 Å². The van der Waals surface area contributed by atoms with Crippen LogP contribution in [-0.2, 0) is 4.79 Å². The molecule has 2 heterocycles. The summed E-state index contributed by atoms with van der Waals surface area (Å²) in [4.78, 5) is 13.3. The molecule has 2 nitrogen and oxygen atoms in total. The van der Waals surface area contributed by atoms with Crippen LogP contribution in [0.3, 0.4) is 0 Å². The van der Waals surface area contributed by atoms with Gasteiger partial charge in [0.1, 0.15) is 0 Å². The molecule has 66 valence electrons. The molecule has 2 rings (SSSR count). The molecule has 0 amide bonds. The lowest BCUT2D eigenvalue weighted by Gasteiger charge is -2.18. The van der Waals surface area contributed by atoms with Crippen molar-refractivity contribution >= 4 is 5.78 Å². The average molecular weight is 165 g/mol. The van der Waals surface area contributed by atoms with Crippen LogP contribution >= 0.6 is 0 Å². The number of hydrogen-bond donors (Lipinski definition) is 0. The van der Waals surface area contributed by atoms with Crippen LogP contribution in [0, 0.1) is 0 Å². The number of carbonyl (C=O) groups is 1. The summed E-state index contributed by atoms with van der Waals surface area (Å²) in [5.74, 6) is 0.192. The molecule has 2 aliphatic heterocycles. The summed E-state index contributed by atoms with van der Waals surface area (Å²) in [6.45, 7) is 2.81. The van der Waals surface area contributed by atoms with E-state index in [1.165, 1.54) is 31.5 Å². The van der Waals surface area contributed by atoms with Crippen molar-refractivity contribution in [3.8, 4) is 0 Å². The third-order valence-electron chi connectivity index (χ3n) is 2.85. The van der Waals surface area contributed by atoms with Gasteiger partial charge in [-0.3, -0.25) is 4.79 Å². The standard InChI is InChI=1S/C10H15NO/c1-8(12)7-10-5-4-9-3-2-6-11(9)10/h7,9H,2-6H2,1H3/b10-7-. The molecule has 0 aliphatic carbocycles. The zero-order chi connectivity index (χ0) is 8.55. The van der Waals surface area contributed by atoms with Gasteiger partial charge >= 0.3 is 0 Å². The third-order valence-corrected chi connectivity index (χ3v) is 2.85. The zero-order valence-corrected chi connectivity index (χ0v) is 7.55. The fourth-order valence-corrected chi connectivity index (χ4v) is 2.36. The van der Waals surface area contributed by atoms with Crippen LogP contribution in [0.25, 0.3) is 0 Å². The van der Waals surface area contributed by atoms with Gasteiger partial charge in [-0.25, -0.2) is 0 Å². The van der Waals surface area contributed by atoms with E-state index in [4.69, 9.17) is 0 Å². The van der Waals surface area contributed by atoms with Gasteiger partial charge in [-0.05, 0) is 38.7 Å². The molecule has 0 radical (unpaired) electrons. The minimum atomic E-state index is 0.192. The van der Waals surface area contributed by atoms with Gasteiger partial charge in [0.25, 0.3) is 0 Å². The second-order valence-electron chi connectivity index (χ2n) is 3.77. The summed E-state index contributed by atoms with van der Waals surface area (Å²) in [7, 11) is 0. The van der Waals surface area contributed by atoms with Gasteiger partial charge < -0.3 is 4.90 Å². The number of carbonyl (C=O) groups excluding carboxylic acids is 1. The lowest BCUT2D eigenvalue weighted by Crippen LogP contribution is -2.20. The van der Waals surface area contributed by atoms with E-state index in [9.17, 15) is 4.79 Å². The minimum absolute atomic E-state index is 0.192. The van der Waals surface area contributed by atoms with Crippen molar-refractivity contribution in [2.75, 3.05) is 6.54 Å². The van der Waals surface area contributed by atoms with E-state index in [-0.39, 0.29) is 5.78 Å². The highest BCUT2D eigenvalue weighted by Crippen LogP contribution is 2.34. The summed E-state index contributed by atoms with van der Waals surface area (Å²) in [5.41, 5.74) is 1.28. The molecular weight excluding hydrogens is 150 g/mol. The van der Waals surface area contributed by atoms with Gasteiger partial charge in [0, 0.05) is 18.3 Å².